The summed E-state index contributed by atoms with van der Waals surface area (Å²) >= 11 is 0. The molecule has 0 atom stereocenters. The zero-order valence-electron chi connectivity index (χ0n) is 21.5. The van der Waals surface area contributed by atoms with Crippen molar-refractivity contribution in [3.05, 3.63) is 120 Å². The summed E-state index contributed by atoms with van der Waals surface area (Å²) in [4.78, 5) is 26.2. The van der Waals surface area contributed by atoms with Crippen molar-refractivity contribution in [2.24, 2.45) is 0 Å². The average molecular weight is 549 g/mol. The van der Waals surface area contributed by atoms with E-state index in [-0.39, 0.29) is 51.5 Å². The second-order valence-electron chi connectivity index (χ2n) is 9.09. The zero-order chi connectivity index (χ0) is 28.9. The van der Waals surface area contributed by atoms with Gasteiger partial charge in [-0.05, 0) is 53.1 Å². The van der Waals surface area contributed by atoms with Crippen LogP contribution in [0.3, 0.4) is 0 Å². The quantitative estimate of drug-likeness (QED) is 0.107. The molecular weight excluding hydrogens is 524 g/mol. The van der Waals surface area contributed by atoms with Crippen molar-refractivity contribution in [3.63, 3.8) is 0 Å². The lowest BCUT2D eigenvalue weighted by molar-refractivity contribution is -0.133. The number of rotatable bonds is 7. The maximum atomic E-state index is 13.1. The fourth-order valence-corrected chi connectivity index (χ4v) is 4.31. The number of esters is 2. The molecule has 0 aromatic heterocycles. The molecule has 0 aliphatic rings. The van der Waals surface area contributed by atoms with E-state index in [1.54, 1.807) is 48.5 Å². The summed E-state index contributed by atoms with van der Waals surface area (Å²) in [6.07, 6.45) is -0.130. The molecule has 0 amide bonds. The lowest BCUT2D eigenvalue weighted by atomic mass is 9.95. The Morgan fingerprint density at radius 3 is 1.46 bits per heavy atom. The van der Waals surface area contributed by atoms with E-state index >= 15 is 0 Å². The fourth-order valence-electron chi connectivity index (χ4n) is 4.31. The molecule has 0 saturated carbocycles. The van der Waals surface area contributed by atoms with E-state index < -0.39 is 29.2 Å². The Balaban J connectivity index is 1.72. The fraction of sp³-hybridized carbons (Fsp3) is 0.0303. The van der Waals surface area contributed by atoms with Crippen molar-refractivity contribution in [2.75, 3.05) is 0 Å². The Bertz CT molecular complexity index is 1700. The van der Waals surface area contributed by atoms with Crippen LogP contribution in [0.1, 0.15) is 15.9 Å². The topological polar surface area (TPSA) is 134 Å². The Labute approximate surface area is 234 Å². The molecule has 4 N–H and O–H groups in total. The largest absolute Gasteiger partial charge is 0.508 e. The Morgan fingerprint density at radius 1 is 0.537 bits per heavy atom. The third-order valence-electron chi connectivity index (χ3n) is 6.28. The standard InChI is InChI=1S/C33H24O8/c34-24-15-11-21(12-16-24)27-30(38)32(41-33(39)23-9-5-2-6-10-23)28(22-13-17-25(35)18-14-22)29(37)31(27)40-26(36)19-20-7-3-1-4-8-20/h1-18,34-35,37-38H,19H2. The summed E-state index contributed by atoms with van der Waals surface area (Å²) in [6.45, 7) is 0. The molecule has 0 unspecified atom stereocenters. The van der Waals surface area contributed by atoms with Crippen molar-refractivity contribution in [1.82, 2.24) is 0 Å². The van der Waals surface area contributed by atoms with Gasteiger partial charge in [-0.2, -0.15) is 0 Å². The monoisotopic (exact) mass is 548 g/mol. The SMILES string of the molecule is O=C(Cc1ccccc1)Oc1c(O)c(-c2ccc(O)cc2)c(OC(=O)c2ccccc2)c(O)c1-c1ccc(O)cc1. The first-order chi connectivity index (χ1) is 19.8. The molecule has 0 heterocycles. The van der Waals surface area contributed by atoms with E-state index in [0.29, 0.717) is 5.56 Å². The summed E-state index contributed by atoms with van der Waals surface area (Å²) in [6, 6.07) is 28.1. The first kappa shape index (κ1) is 26.8. The van der Waals surface area contributed by atoms with Crippen LogP contribution < -0.4 is 9.47 Å². The van der Waals surface area contributed by atoms with Gasteiger partial charge in [-0.15, -0.1) is 0 Å². The van der Waals surface area contributed by atoms with Crippen LogP contribution in [0.5, 0.6) is 34.5 Å². The lowest BCUT2D eigenvalue weighted by Crippen LogP contribution is -2.13. The molecule has 41 heavy (non-hydrogen) atoms. The van der Waals surface area contributed by atoms with Crippen LogP contribution in [-0.2, 0) is 11.2 Å². The van der Waals surface area contributed by atoms with Crippen molar-refractivity contribution in [1.29, 1.82) is 0 Å². The Kier molecular flexibility index (Phi) is 7.56. The van der Waals surface area contributed by atoms with E-state index in [2.05, 4.69) is 0 Å². The minimum Gasteiger partial charge on any atom is -0.508 e. The highest BCUT2D eigenvalue weighted by atomic mass is 16.6. The van der Waals surface area contributed by atoms with Gasteiger partial charge in [0.05, 0.1) is 23.1 Å². The minimum atomic E-state index is -0.814. The molecule has 0 bridgehead atoms. The average Bonchev–Trinajstić information content (AvgIpc) is 2.98. The third-order valence-corrected chi connectivity index (χ3v) is 6.28. The maximum Gasteiger partial charge on any atom is 0.343 e. The molecule has 0 aliphatic carbocycles. The van der Waals surface area contributed by atoms with Crippen molar-refractivity contribution >= 4 is 11.9 Å². The highest BCUT2D eigenvalue weighted by molar-refractivity contribution is 5.98. The first-order valence-electron chi connectivity index (χ1n) is 12.5. The van der Waals surface area contributed by atoms with Gasteiger partial charge in [0, 0.05) is 0 Å². The van der Waals surface area contributed by atoms with Crippen LogP contribution in [0.25, 0.3) is 22.3 Å². The second kappa shape index (κ2) is 11.5. The van der Waals surface area contributed by atoms with Gasteiger partial charge in [-0.3, -0.25) is 4.79 Å². The summed E-state index contributed by atoms with van der Waals surface area (Å²) in [7, 11) is 0. The summed E-state index contributed by atoms with van der Waals surface area (Å²) in [5.41, 5.74) is 1.09. The first-order valence-corrected chi connectivity index (χ1v) is 12.5. The number of benzene rings is 5. The van der Waals surface area contributed by atoms with Gasteiger partial charge in [-0.1, -0.05) is 72.8 Å². The van der Waals surface area contributed by atoms with Gasteiger partial charge in [-0.25, -0.2) is 4.79 Å². The molecule has 5 aromatic rings. The lowest BCUT2D eigenvalue weighted by Gasteiger charge is -2.21. The molecule has 0 aliphatic heterocycles. The molecule has 5 aromatic carbocycles. The Morgan fingerprint density at radius 2 is 0.976 bits per heavy atom. The minimum absolute atomic E-state index is 0.0588. The smallest absolute Gasteiger partial charge is 0.343 e. The van der Waals surface area contributed by atoms with Crippen molar-refractivity contribution in [2.45, 2.75) is 6.42 Å². The van der Waals surface area contributed by atoms with Gasteiger partial charge in [0.15, 0.2) is 23.0 Å². The van der Waals surface area contributed by atoms with E-state index in [1.807, 2.05) is 0 Å². The molecule has 204 valence electrons. The van der Waals surface area contributed by atoms with Crippen LogP contribution in [0.15, 0.2) is 109 Å². The van der Waals surface area contributed by atoms with Crippen LogP contribution in [0.2, 0.25) is 0 Å². The number of aromatic hydroxyl groups is 4. The molecule has 8 heteroatoms. The molecular formula is C33H24O8. The number of ether oxygens (including phenoxy) is 2. The molecule has 0 spiro atoms. The van der Waals surface area contributed by atoms with Gasteiger partial charge in [0.2, 0.25) is 0 Å². The van der Waals surface area contributed by atoms with Gasteiger partial charge >= 0.3 is 11.9 Å². The van der Waals surface area contributed by atoms with Crippen LogP contribution in [-0.4, -0.2) is 32.4 Å². The molecule has 5 rings (SSSR count). The Hall–Kier alpha value is -5.76. The predicted octanol–water partition coefficient (Wildman–Crippen LogP) is 6.21. The number of phenols is 4. The van der Waals surface area contributed by atoms with Gasteiger partial charge in [0.25, 0.3) is 0 Å². The zero-order valence-corrected chi connectivity index (χ0v) is 21.5. The normalized spacial score (nSPS) is 10.6. The van der Waals surface area contributed by atoms with E-state index in [9.17, 15) is 30.0 Å². The third kappa shape index (κ3) is 5.81. The number of phenolic OH excluding ortho intramolecular Hbond substituents is 4. The highest BCUT2D eigenvalue weighted by Gasteiger charge is 2.31. The molecule has 0 fully saturated rings. The van der Waals surface area contributed by atoms with Gasteiger partial charge in [0.1, 0.15) is 11.5 Å². The molecule has 0 radical (unpaired) electrons. The summed E-state index contributed by atoms with van der Waals surface area (Å²) in [5.74, 6) is -3.61. The van der Waals surface area contributed by atoms with E-state index in [0.717, 1.165) is 0 Å². The highest BCUT2D eigenvalue weighted by Crippen LogP contribution is 2.56. The number of carbonyl (C=O) groups is 2. The molecule has 0 saturated heterocycles. The summed E-state index contributed by atoms with van der Waals surface area (Å²) < 4.78 is 11.3. The van der Waals surface area contributed by atoms with E-state index in [4.69, 9.17) is 9.47 Å². The van der Waals surface area contributed by atoms with Crippen molar-refractivity contribution in [3.8, 4) is 56.8 Å². The predicted molar refractivity (Wildman–Crippen MR) is 151 cm³/mol. The number of carbonyl (C=O) groups excluding carboxylic acids is 2. The van der Waals surface area contributed by atoms with Crippen LogP contribution >= 0.6 is 0 Å². The summed E-state index contributed by atoms with van der Waals surface area (Å²) in [5, 5.41) is 42.9. The maximum absolute atomic E-state index is 13.1. The van der Waals surface area contributed by atoms with Crippen LogP contribution in [0.4, 0.5) is 0 Å². The van der Waals surface area contributed by atoms with Crippen LogP contribution in [0, 0.1) is 0 Å². The number of hydrogen-bond acceptors (Lipinski definition) is 8. The second-order valence-corrected chi connectivity index (χ2v) is 9.09. The number of hydrogen-bond donors (Lipinski definition) is 4. The molecule has 8 nitrogen and oxygen atoms in total. The van der Waals surface area contributed by atoms with Crippen molar-refractivity contribution < 1.29 is 39.5 Å². The van der Waals surface area contributed by atoms with Gasteiger partial charge < -0.3 is 29.9 Å². The van der Waals surface area contributed by atoms with E-state index in [1.165, 1.54) is 60.7 Å².